The van der Waals surface area contributed by atoms with Gasteiger partial charge in [0.25, 0.3) is 5.91 Å². The fourth-order valence-electron chi connectivity index (χ4n) is 6.27. The molecule has 3 aromatic rings. The molecule has 2 bridgehead atoms. The summed E-state index contributed by atoms with van der Waals surface area (Å²) in [4.78, 5) is 31.5. The zero-order valence-corrected chi connectivity index (χ0v) is 24.1. The highest BCUT2D eigenvalue weighted by atomic mass is 16.3. The van der Waals surface area contributed by atoms with Crippen molar-refractivity contribution in [3.8, 4) is 12.3 Å². The normalized spacial score (nSPS) is 23.0. The zero-order chi connectivity index (χ0) is 29.4. The average Bonchev–Trinajstić information content (AvgIpc) is 2.97. The number of pyridine rings is 1. The Kier molecular flexibility index (Phi) is 7.63. The molecule has 41 heavy (non-hydrogen) atoms. The maximum atomic E-state index is 13.5. The highest BCUT2D eigenvalue weighted by Crippen LogP contribution is 2.47. The van der Waals surface area contributed by atoms with Gasteiger partial charge in [0.1, 0.15) is 11.3 Å². The van der Waals surface area contributed by atoms with Crippen LogP contribution in [0.1, 0.15) is 91.4 Å². The second-order valence-corrected chi connectivity index (χ2v) is 11.6. The van der Waals surface area contributed by atoms with Gasteiger partial charge in [-0.15, -0.1) is 6.42 Å². The maximum absolute atomic E-state index is 13.5. The molecule has 2 aromatic heterocycles. The predicted molar refractivity (Wildman–Crippen MR) is 163 cm³/mol. The summed E-state index contributed by atoms with van der Waals surface area (Å²) >= 11 is 0. The number of aromatic nitrogens is 1. The van der Waals surface area contributed by atoms with Crippen molar-refractivity contribution in [1.82, 2.24) is 10.3 Å². The molecule has 1 unspecified atom stereocenters. The van der Waals surface area contributed by atoms with Crippen LogP contribution in [0.4, 0.5) is 5.69 Å². The van der Waals surface area contributed by atoms with E-state index in [2.05, 4.69) is 21.5 Å². The monoisotopic (exact) mass is 551 g/mol. The van der Waals surface area contributed by atoms with Crippen LogP contribution in [-0.2, 0) is 0 Å². The summed E-state index contributed by atoms with van der Waals surface area (Å²) in [6.07, 6.45) is 16.6. The van der Waals surface area contributed by atoms with Crippen LogP contribution in [0.25, 0.3) is 16.5 Å². The van der Waals surface area contributed by atoms with E-state index in [0.29, 0.717) is 52.9 Å². The van der Waals surface area contributed by atoms with Crippen molar-refractivity contribution >= 4 is 28.1 Å². The average molecular weight is 552 g/mol. The van der Waals surface area contributed by atoms with E-state index in [4.69, 9.17) is 10.8 Å². The van der Waals surface area contributed by atoms with Crippen molar-refractivity contribution in [2.24, 2.45) is 0 Å². The number of aliphatic hydroxyl groups is 1. The van der Waals surface area contributed by atoms with Gasteiger partial charge in [-0.1, -0.05) is 18.1 Å². The van der Waals surface area contributed by atoms with Crippen molar-refractivity contribution in [2.75, 3.05) is 5.32 Å². The topological polar surface area (TPSA) is 104 Å². The van der Waals surface area contributed by atoms with Gasteiger partial charge in [0.2, 0.25) is 0 Å². The van der Waals surface area contributed by atoms with Crippen molar-refractivity contribution in [1.29, 1.82) is 0 Å². The predicted octanol–water partition coefficient (Wildman–Crippen LogP) is 6.14. The van der Waals surface area contributed by atoms with Gasteiger partial charge in [-0.05, 0) is 102 Å². The van der Waals surface area contributed by atoms with Gasteiger partial charge < -0.3 is 20.2 Å². The number of allylic oxidation sites excluding steroid dienone is 4. The van der Waals surface area contributed by atoms with Gasteiger partial charge in [0, 0.05) is 28.4 Å². The van der Waals surface area contributed by atoms with E-state index in [1.165, 1.54) is 0 Å². The molecule has 0 saturated heterocycles. The number of terminal acetylenes is 1. The van der Waals surface area contributed by atoms with E-state index in [1.54, 1.807) is 31.3 Å². The minimum absolute atomic E-state index is 0.0978. The molecule has 3 aliphatic carbocycles. The van der Waals surface area contributed by atoms with Gasteiger partial charge in [0.05, 0.1) is 22.7 Å². The lowest BCUT2D eigenvalue weighted by Gasteiger charge is -2.51. The molecule has 1 atom stereocenters. The van der Waals surface area contributed by atoms with E-state index in [0.717, 1.165) is 36.0 Å². The Labute approximate surface area is 240 Å². The SMILES string of the molecule is C#C/C=C\C(=C/C)c1oc2c(C(C)Nc3cccnc3C(=O)NC34CCC(O)(CC3)CC4)cc(C)cc2c(=O)c1C. The lowest BCUT2D eigenvalue weighted by Crippen LogP contribution is -2.58. The molecule has 0 radical (unpaired) electrons. The van der Waals surface area contributed by atoms with Gasteiger partial charge in [-0.2, -0.15) is 0 Å². The lowest BCUT2D eigenvalue weighted by atomic mass is 9.63. The molecule has 3 fully saturated rings. The van der Waals surface area contributed by atoms with E-state index >= 15 is 0 Å². The number of amides is 1. The van der Waals surface area contributed by atoms with Crippen molar-refractivity contribution in [3.63, 3.8) is 0 Å². The lowest BCUT2D eigenvalue weighted by molar-refractivity contribution is -0.0702. The quantitative estimate of drug-likeness (QED) is 0.241. The Morgan fingerprint density at radius 1 is 1.20 bits per heavy atom. The Hall–Kier alpha value is -4.15. The van der Waals surface area contributed by atoms with Crippen LogP contribution >= 0.6 is 0 Å². The molecule has 6 rings (SSSR count). The number of carbonyl (C=O) groups excluding carboxylic acids is 1. The van der Waals surface area contributed by atoms with Crippen LogP contribution in [0, 0.1) is 26.2 Å². The fraction of sp³-hybridized carbons (Fsp3) is 0.382. The molecular weight excluding hydrogens is 514 g/mol. The number of fused-ring (bicyclic) bond motifs is 4. The molecule has 2 heterocycles. The standard InChI is InChI=1S/C34H37N3O4/c1-6-8-10-24(7-2)30-22(4)29(38)26-20-21(3)19-25(31(26)41-30)23(5)36-27-11-9-18-35-28(27)32(39)37-33-12-15-34(40,16-13-33)17-14-33/h1,7-11,18-20,23,36,40H,12-17H2,2-5H3,(H,37,39)/b10-8-,24-7+. The molecule has 3 aliphatic rings. The number of benzene rings is 1. The Balaban J connectivity index is 1.49. The third kappa shape index (κ3) is 5.45. The first-order valence-electron chi connectivity index (χ1n) is 14.2. The Bertz CT molecular complexity index is 1650. The van der Waals surface area contributed by atoms with Crippen LogP contribution in [0.2, 0.25) is 0 Å². The van der Waals surface area contributed by atoms with Gasteiger partial charge >= 0.3 is 0 Å². The molecule has 3 saturated carbocycles. The Morgan fingerprint density at radius 3 is 2.56 bits per heavy atom. The number of nitrogens with one attached hydrogen (secondary N) is 2. The Morgan fingerprint density at radius 2 is 1.90 bits per heavy atom. The molecule has 7 nitrogen and oxygen atoms in total. The van der Waals surface area contributed by atoms with Gasteiger partial charge in [-0.3, -0.25) is 9.59 Å². The number of nitrogens with zero attached hydrogens (tertiary/aromatic N) is 1. The van der Waals surface area contributed by atoms with Crippen molar-refractivity contribution < 1.29 is 14.3 Å². The van der Waals surface area contributed by atoms with Crippen LogP contribution in [0.15, 0.2) is 57.9 Å². The number of carbonyl (C=O) groups is 1. The van der Waals surface area contributed by atoms with Crippen molar-refractivity contribution in [2.45, 2.75) is 83.4 Å². The zero-order valence-electron chi connectivity index (χ0n) is 24.1. The summed E-state index contributed by atoms with van der Waals surface area (Å²) in [5.41, 5.74) is 3.37. The molecule has 1 aromatic carbocycles. The summed E-state index contributed by atoms with van der Waals surface area (Å²) in [6, 6.07) is 7.15. The molecule has 212 valence electrons. The van der Waals surface area contributed by atoms with Crippen LogP contribution in [-0.4, -0.2) is 27.1 Å². The van der Waals surface area contributed by atoms with Crippen LogP contribution in [0.5, 0.6) is 0 Å². The first-order valence-corrected chi connectivity index (χ1v) is 14.2. The largest absolute Gasteiger partial charge is 0.455 e. The first-order chi connectivity index (χ1) is 19.6. The van der Waals surface area contributed by atoms with Crippen LogP contribution < -0.4 is 16.1 Å². The molecule has 0 spiro atoms. The van der Waals surface area contributed by atoms with Crippen molar-refractivity contribution in [3.05, 3.63) is 87.1 Å². The van der Waals surface area contributed by atoms with Gasteiger partial charge in [0.15, 0.2) is 11.1 Å². The number of rotatable bonds is 7. The highest BCUT2D eigenvalue weighted by molar-refractivity contribution is 5.98. The summed E-state index contributed by atoms with van der Waals surface area (Å²) in [6.45, 7) is 7.55. The maximum Gasteiger partial charge on any atom is 0.272 e. The van der Waals surface area contributed by atoms with E-state index in [1.807, 2.05) is 45.0 Å². The molecular formula is C34H37N3O4. The minimum Gasteiger partial charge on any atom is -0.455 e. The molecule has 0 aliphatic heterocycles. The molecule has 3 N–H and O–H groups in total. The second kappa shape index (κ2) is 11.0. The van der Waals surface area contributed by atoms with Crippen LogP contribution in [0.3, 0.4) is 0 Å². The molecule has 7 heteroatoms. The smallest absolute Gasteiger partial charge is 0.272 e. The number of anilines is 1. The number of aryl methyl sites for hydroxylation is 1. The second-order valence-electron chi connectivity index (χ2n) is 11.6. The van der Waals surface area contributed by atoms with E-state index in [9.17, 15) is 14.7 Å². The summed E-state index contributed by atoms with van der Waals surface area (Å²) in [5, 5.41) is 17.8. The van der Waals surface area contributed by atoms with E-state index in [-0.39, 0.29) is 22.9 Å². The highest BCUT2D eigenvalue weighted by Gasteiger charge is 2.48. The summed E-state index contributed by atoms with van der Waals surface area (Å²) in [7, 11) is 0. The van der Waals surface area contributed by atoms with Gasteiger partial charge in [-0.25, -0.2) is 4.98 Å². The summed E-state index contributed by atoms with van der Waals surface area (Å²) < 4.78 is 6.44. The third-order valence-electron chi connectivity index (χ3n) is 8.77. The summed E-state index contributed by atoms with van der Waals surface area (Å²) in [5.74, 6) is 2.73. The number of hydrogen-bond acceptors (Lipinski definition) is 6. The molecule has 1 amide bonds. The third-order valence-corrected chi connectivity index (χ3v) is 8.77. The minimum atomic E-state index is -0.575. The van der Waals surface area contributed by atoms with E-state index < -0.39 is 5.60 Å². The first kappa shape index (κ1) is 28.4. The number of hydrogen-bond donors (Lipinski definition) is 3. The fourth-order valence-corrected chi connectivity index (χ4v) is 6.27.